The fourth-order valence-corrected chi connectivity index (χ4v) is 10.2. The van der Waals surface area contributed by atoms with Gasteiger partial charge in [-0.15, -0.1) is 0 Å². The van der Waals surface area contributed by atoms with Gasteiger partial charge in [0, 0.05) is 26.7 Å². The van der Waals surface area contributed by atoms with Crippen LogP contribution < -0.4 is 0 Å². The summed E-state index contributed by atoms with van der Waals surface area (Å²) in [7, 11) is -4.92. The molecule has 5 rings (SSSR count). The summed E-state index contributed by atoms with van der Waals surface area (Å²) < 4.78 is 65.5. The number of esters is 3. The highest BCUT2D eigenvalue weighted by atomic mass is 32.3. The SMILES string of the molecule is CC(=O)OC1C(COS(=O)(=O)O)OC(O[C@H]2CC[C@@]3(C)C(=CC[C@@H]4C3CC[C@@]3(C)C4CC[C@@H]3C(C)=O)C2)C(OC(C)=O)C1OC(C)=O. The van der Waals surface area contributed by atoms with E-state index in [1.807, 2.05) is 0 Å². The number of fused-ring (bicyclic) bond motifs is 5. The molecule has 0 aromatic rings. The van der Waals surface area contributed by atoms with Gasteiger partial charge in [0.15, 0.2) is 24.6 Å². The minimum Gasteiger partial charge on any atom is -0.456 e. The van der Waals surface area contributed by atoms with E-state index in [-0.39, 0.29) is 22.9 Å². The Bertz CT molecular complexity index is 1390. The molecular weight excluding hydrogens is 636 g/mol. The summed E-state index contributed by atoms with van der Waals surface area (Å²) >= 11 is 0. The van der Waals surface area contributed by atoms with Crippen LogP contribution in [0.4, 0.5) is 0 Å². The Balaban J connectivity index is 1.38. The summed E-state index contributed by atoms with van der Waals surface area (Å²) in [6.07, 6.45) is 2.16. The van der Waals surface area contributed by atoms with Crippen LogP contribution in [0.5, 0.6) is 0 Å². The van der Waals surface area contributed by atoms with Crippen molar-refractivity contribution in [3.63, 3.8) is 0 Å². The first-order chi connectivity index (χ1) is 21.9. The van der Waals surface area contributed by atoms with Crippen LogP contribution in [0.25, 0.3) is 0 Å². The topological polar surface area (TPSA) is 178 Å². The van der Waals surface area contributed by atoms with E-state index in [4.69, 9.17) is 23.7 Å². The number of ether oxygens (including phenoxy) is 5. The third-order valence-corrected chi connectivity index (χ3v) is 12.2. The molecule has 0 aromatic carbocycles. The fourth-order valence-electron chi connectivity index (χ4n) is 9.85. The van der Waals surface area contributed by atoms with Gasteiger partial charge in [0.1, 0.15) is 11.9 Å². The molecule has 13 nitrogen and oxygen atoms in total. The van der Waals surface area contributed by atoms with Crippen molar-refractivity contribution >= 4 is 34.1 Å². The second-order valence-corrected chi connectivity index (χ2v) is 15.6. The van der Waals surface area contributed by atoms with Gasteiger partial charge >= 0.3 is 28.3 Å². The van der Waals surface area contributed by atoms with Gasteiger partial charge < -0.3 is 23.7 Å². The third-order valence-electron chi connectivity index (χ3n) is 11.8. The summed E-state index contributed by atoms with van der Waals surface area (Å²) in [5.74, 6) is -0.349. The monoisotopic (exact) mass is 684 g/mol. The maximum absolute atomic E-state index is 12.5. The Morgan fingerprint density at radius 2 is 1.51 bits per heavy atom. The van der Waals surface area contributed by atoms with Gasteiger partial charge in [0.05, 0.1) is 12.7 Å². The number of allylic oxidation sites excluding steroid dienone is 1. The van der Waals surface area contributed by atoms with Gasteiger partial charge in [-0.1, -0.05) is 25.5 Å². The highest BCUT2D eigenvalue weighted by molar-refractivity contribution is 7.80. The first-order valence-corrected chi connectivity index (χ1v) is 17.9. The van der Waals surface area contributed by atoms with Gasteiger partial charge in [-0.05, 0) is 86.9 Å². The van der Waals surface area contributed by atoms with Crippen LogP contribution >= 0.6 is 0 Å². The summed E-state index contributed by atoms with van der Waals surface area (Å²) in [4.78, 5) is 48.9. The minimum absolute atomic E-state index is 0.0340. The van der Waals surface area contributed by atoms with Crippen LogP contribution in [0.3, 0.4) is 0 Å². The molecule has 0 radical (unpaired) electrons. The molecule has 264 valence electrons. The van der Waals surface area contributed by atoms with Crippen molar-refractivity contribution in [3.8, 4) is 0 Å². The van der Waals surface area contributed by atoms with Crippen LogP contribution in [-0.2, 0) is 57.4 Å². The fraction of sp³-hybridized carbons (Fsp3) is 0.818. The van der Waals surface area contributed by atoms with Gasteiger partial charge in [-0.3, -0.25) is 23.7 Å². The average molecular weight is 685 g/mol. The van der Waals surface area contributed by atoms with Crippen molar-refractivity contribution in [2.75, 3.05) is 6.61 Å². The van der Waals surface area contributed by atoms with E-state index in [9.17, 15) is 32.1 Å². The first kappa shape index (κ1) is 35.9. The zero-order chi connectivity index (χ0) is 34.5. The molecule has 1 aliphatic heterocycles. The molecule has 14 heteroatoms. The van der Waals surface area contributed by atoms with Gasteiger partial charge in [-0.2, -0.15) is 8.42 Å². The number of carbonyl (C=O) groups excluding carboxylic acids is 4. The highest BCUT2D eigenvalue weighted by Gasteiger charge is 2.60. The van der Waals surface area contributed by atoms with Crippen LogP contribution in [0, 0.1) is 34.5 Å². The second kappa shape index (κ2) is 13.5. The predicted octanol–water partition coefficient (Wildman–Crippen LogP) is 3.88. The normalized spacial score (nSPS) is 41.4. The zero-order valence-electron chi connectivity index (χ0n) is 28.0. The Morgan fingerprint density at radius 3 is 2.13 bits per heavy atom. The lowest BCUT2D eigenvalue weighted by Crippen LogP contribution is -2.63. The van der Waals surface area contributed by atoms with Crippen molar-refractivity contribution < 1.29 is 60.0 Å². The van der Waals surface area contributed by atoms with Crippen LogP contribution in [0.2, 0.25) is 0 Å². The lowest BCUT2D eigenvalue weighted by Gasteiger charge is -2.58. The van der Waals surface area contributed by atoms with Crippen molar-refractivity contribution in [1.29, 1.82) is 0 Å². The van der Waals surface area contributed by atoms with Crippen molar-refractivity contribution in [2.45, 2.75) is 130 Å². The Labute approximate surface area is 276 Å². The van der Waals surface area contributed by atoms with Gasteiger partial charge in [0.2, 0.25) is 0 Å². The van der Waals surface area contributed by atoms with Crippen molar-refractivity contribution in [3.05, 3.63) is 11.6 Å². The van der Waals surface area contributed by atoms with E-state index in [2.05, 4.69) is 24.1 Å². The molecule has 0 spiro atoms. The third kappa shape index (κ3) is 7.31. The van der Waals surface area contributed by atoms with E-state index >= 15 is 0 Å². The Morgan fingerprint density at radius 1 is 0.872 bits per heavy atom. The summed E-state index contributed by atoms with van der Waals surface area (Å²) in [5, 5.41) is 0. The smallest absolute Gasteiger partial charge is 0.397 e. The molecule has 4 aliphatic carbocycles. The van der Waals surface area contributed by atoms with Gasteiger partial charge in [0.25, 0.3) is 0 Å². The Hall–Kier alpha value is -2.39. The number of carbonyl (C=O) groups is 4. The first-order valence-electron chi connectivity index (χ1n) is 16.6. The predicted molar refractivity (Wildman–Crippen MR) is 164 cm³/mol. The van der Waals surface area contributed by atoms with Crippen LogP contribution in [-0.4, -0.2) is 80.1 Å². The number of ketones is 1. The number of hydrogen-bond acceptors (Lipinski definition) is 12. The molecule has 0 aromatic heterocycles. The Kier molecular flexibility index (Phi) is 10.3. The molecular formula is C33H48O13S. The zero-order valence-corrected chi connectivity index (χ0v) is 28.8. The highest BCUT2D eigenvalue weighted by Crippen LogP contribution is 2.66. The summed E-state index contributed by atoms with van der Waals surface area (Å²) in [5.41, 5.74) is 1.31. The second-order valence-electron chi connectivity index (χ2n) is 14.5. The largest absolute Gasteiger partial charge is 0.456 e. The number of hydrogen-bond donors (Lipinski definition) is 1. The molecule has 0 bridgehead atoms. The van der Waals surface area contributed by atoms with E-state index < -0.39 is 65.6 Å². The molecule has 1 saturated heterocycles. The molecule has 47 heavy (non-hydrogen) atoms. The molecule has 1 heterocycles. The van der Waals surface area contributed by atoms with E-state index in [1.54, 1.807) is 6.92 Å². The minimum atomic E-state index is -4.92. The van der Waals surface area contributed by atoms with Gasteiger partial charge in [-0.25, -0.2) is 4.18 Å². The summed E-state index contributed by atoms with van der Waals surface area (Å²) in [6, 6.07) is 0. The van der Waals surface area contributed by atoms with Crippen LogP contribution in [0.1, 0.15) is 92.9 Å². The van der Waals surface area contributed by atoms with E-state index in [1.165, 1.54) is 5.57 Å². The maximum Gasteiger partial charge on any atom is 0.397 e. The molecule has 7 unspecified atom stereocenters. The molecule has 12 atom stereocenters. The molecule has 3 saturated carbocycles. The maximum atomic E-state index is 12.5. The molecule has 0 amide bonds. The quantitative estimate of drug-likeness (QED) is 0.160. The lowest BCUT2D eigenvalue weighted by molar-refractivity contribution is -0.317. The number of rotatable bonds is 9. The van der Waals surface area contributed by atoms with Crippen LogP contribution in [0.15, 0.2) is 11.6 Å². The standard InChI is InChI=1S/C33H48O13S/c1-17(34)24-9-10-25-23-8-7-21-15-22(11-13-32(21,5)26(23)12-14-33(24,25)6)45-31-30(44-20(4)37)29(43-19(3)36)28(42-18(2)35)27(46-31)16-41-47(38,39)40/h7,22-31H,8-16H2,1-6H3,(H,38,39,40)/t22-,23-,24+,25?,26?,27?,28?,29?,30?,31?,32-,33+/m0/s1. The molecule has 1 N–H and O–H groups in total. The molecule has 5 aliphatic rings. The van der Waals surface area contributed by atoms with Crippen molar-refractivity contribution in [2.24, 2.45) is 34.5 Å². The summed E-state index contributed by atoms with van der Waals surface area (Å²) in [6.45, 7) is 8.97. The lowest BCUT2D eigenvalue weighted by atomic mass is 9.47. The number of Topliss-reactive ketones (excluding diaryl/α,β-unsaturated/α-hetero) is 1. The molecule has 4 fully saturated rings. The van der Waals surface area contributed by atoms with Crippen molar-refractivity contribution in [1.82, 2.24) is 0 Å². The average Bonchev–Trinajstić information content (AvgIpc) is 3.32. The van der Waals surface area contributed by atoms with E-state index in [0.717, 1.165) is 59.3 Å². The van der Waals surface area contributed by atoms with E-state index in [0.29, 0.717) is 36.4 Å².